The Morgan fingerprint density at radius 3 is 2.25 bits per heavy atom. The molecule has 0 unspecified atom stereocenters. The van der Waals surface area contributed by atoms with Gasteiger partial charge in [0.15, 0.2) is 5.82 Å². The van der Waals surface area contributed by atoms with Gasteiger partial charge in [0.25, 0.3) is 0 Å². The summed E-state index contributed by atoms with van der Waals surface area (Å²) in [5.74, 6) is 0.338. The van der Waals surface area contributed by atoms with Gasteiger partial charge < -0.3 is 4.74 Å². The van der Waals surface area contributed by atoms with E-state index in [1.807, 2.05) is 60.7 Å². The highest BCUT2D eigenvalue weighted by molar-refractivity contribution is 6.06. The highest BCUT2D eigenvalue weighted by Gasteiger charge is 2.34. The number of benzene rings is 2. The highest BCUT2D eigenvalue weighted by Crippen LogP contribution is 2.35. The van der Waals surface area contributed by atoms with Gasteiger partial charge in [-0.05, 0) is 62.8 Å². The minimum absolute atomic E-state index is 0.0213. The first-order valence-electron chi connectivity index (χ1n) is 11.3. The highest BCUT2D eigenvalue weighted by atomic mass is 16.5. The number of esters is 1. The summed E-state index contributed by atoms with van der Waals surface area (Å²) in [6.45, 7) is 4.24. The van der Waals surface area contributed by atoms with Crippen LogP contribution in [0.2, 0.25) is 0 Å². The predicted octanol–water partition coefficient (Wildman–Crippen LogP) is 5.54. The van der Waals surface area contributed by atoms with Crippen LogP contribution in [0.1, 0.15) is 49.9 Å². The molecule has 1 fully saturated rings. The average Bonchev–Trinajstić information content (AvgIpc) is 3.26. The van der Waals surface area contributed by atoms with Gasteiger partial charge in [-0.2, -0.15) is 0 Å². The van der Waals surface area contributed by atoms with Crippen LogP contribution in [0.25, 0.3) is 5.69 Å². The zero-order chi connectivity index (χ0) is 22.5. The van der Waals surface area contributed by atoms with Crippen LogP contribution in [0.4, 0.5) is 11.5 Å². The van der Waals surface area contributed by atoms with Gasteiger partial charge in [-0.15, -0.1) is 5.10 Å². The summed E-state index contributed by atoms with van der Waals surface area (Å²) < 4.78 is 6.95. The van der Waals surface area contributed by atoms with Crippen molar-refractivity contribution in [1.82, 2.24) is 9.78 Å². The van der Waals surface area contributed by atoms with Crippen LogP contribution >= 0.6 is 0 Å². The summed E-state index contributed by atoms with van der Waals surface area (Å²) in [7, 11) is 0. The minimum atomic E-state index is -0.490. The summed E-state index contributed by atoms with van der Waals surface area (Å²) in [6.07, 6.45) is 5.40. The van der Waals surface area contributed by atoms with E-state index in [-0.39, 0.29) is 24.0 Å². The van der Waals surface area contributed by atoms with E-state index < -0.39 is 5.97 Å². The topological polar surface area (TPSA) is 64.4 Å². The lowest BCUT2D eigenvalue weighted by atomic mass is 9.82. The molecule has 32 heavy (non-hydrogen) atoms. The minimum Gasteiger partial charge on any atom is -0.462 e. The Hall–Kier alpha value is -3.41. The summed E-state index contributed by atoms with van der Waals surface area (Å²) in [5.41, 5.74) is 1.77. The Kier molecular flexibility index (Phi) is 6.69. The molecule has 166 valence electrons. The van der Waals surface area contributed by atoms with Crippen LogP contribution in [0.5, 0.6) is 0 Å². The fourth-order valence-corrected chi connectivity index (χ4v) is 4.22. The van der Waals surface area contributed by atoms with E-state index in [9.17, 15) is 9.59 Å². The summed E-state index contributed by atoms with van der Waals surface area (Å²) in [4.78, 5) is 28.3. The Morgan fingerprint density at radius 2 is 1.62 bits per heavy atom. The molecule has 3 aromatic rings. The number of hydrogen-bond donors (Lipinski definition) is 0. The lowest BCUT2D eigenvalue weighted by Gasteiger charge is -2.30. The molecule has 1 aromatic heterocycles. The van der Waals surface area contributed by atoms with Crippen LogP contribution in [0.15, 0.2) is 66.9 Å². The normalized spacial score (nSPS) is 18.2. The molecule has 6 heteroatoms. The molecule has 1 heterocycles. The van der Waals surface area contributed by atoms with Crippen molar-refractivity contribution >= 4 is 23.4 Å². The standard InChI is InChI=1S/C26H29N3O3/c1-3-32-26(31)23-18-28(21-10-6-4-7-11-21)27-24(23)29(22-12-8-5-9-13-22)25(30)20-16-14-19(2)15-17-20/h4-13,18-20H,3,14-17H2,1-2H3/t19-,20-. The van der Waals surface area contributed by atoms with Crippen molar-refractivity contribution in [2.24, 2.45) is 11.8 Å². The number of para-hydroxylation sites is 2. The molecular formula is C26H29N3O3. The van der Waals surface area contributed by atoms with Gasteiger partial charge in [0.2, 0.25) is 5.91 Å². The third-order valence-electron chi connectivity index (χ3n) is 6.02. The lowest BCUT2D eigenvalue weighted by Crippen LogP contribution is -2.35. The summed E-state index contributed by atoms with van der Waals surface area (Å²) in [6, 6.07) is 19.0. The molecule has 1 aliphatic rings. The van der Waals surface area contributed by atoms with E-state index in [4.69, 9.17) is 9.84 Å². The molecule has 1 aliphatic carbocycles. The van der Waals surface area contributed by atoms with Crippen LogP contribution in [-0.2, 0) is 9.53 Å². The summed E-state index contributed by atoms with van der Waals surface area (Å²) >= 11 is 0. The van der Waals surface area contributed by atoms with Crippen LogP contribution in [0, 0.1) is 11.8 Å². The number of carbonyl (C=O) groups excluding carboxylic acids is 2. The number of rotatable bonds is 6. The van der Waals surface area contributed by atoms with Gasteiger partial charge in [0, 0.05) is 12.1 Å². The van der Waals surface area contributed by atoms with Crippen molar-refractivity contribution in [3.05, 3.63) is 72.4 Å². The zero-order valence-corrected chi connectivity index (χ0v) is 18.6. The number of amides is 1. The van der Waals surface area contributed by atoms with Crippen molar-refractivity contribution in [2.75, 3.05) is 11.5 Å². The Bertz CT molecular complexity index is 1050. The van der Waals surface area contributed by atoms with Crippen LogP contribution in [0.3, 0.4) is 0 Å². The van der Waals surface area contributed by atoms with Gasteiger partial charge in [0.05, 0.1) is 18.0 Å². The zero-order valence-electron chi connectivity index (χ0n) is 18.6. The van der Waals surface area contributed by atoms with Crippen LogP contribution < -0.4 is 4.90 Å². The number of anilines is 2. The lowest BCUT2D eigenvalue weighted by molar-refractivity contribution is -0.122. The quantitative estimate of drug-likeness (QED) is 0.481. The molecule has 0 spiro atoms. The maximum atomic E-state index is 13.8. The van der Waals surface area contributed by atoms with Gasteiger partial charge in [-0.3, -0.25) is 9.69 Å². The summed E-state index contributed by atoms with van der Waals surface area (Å²) in [5, 5.41) is 4.71. The molecule has 0 aliphatic heterocycles. The first kappa shape index (κ1) is 21.8. The molecule has 1 amide bonds. The van der Waals surface area contributed by atoms with Crippen molar-refractivity contribution in [1.29, 1.82) is 0 Å². The molecular weight excluding hydrogens is 402 g/mol. The monoisotopic (exact) mass is 431 g/mol. The predicted molar refractivity (Wildman–Crippen MR) is 124 cm³/mol. The van der Waals surface area contributed by atoms with Crippen molar-refractivity contribution in [2.45, 2.75) is 39.5 Å². The molecule has 4 rings (SSSR count). The Morgan fingerprint density at radius 1 is 1.00 bits per heavy atom. The SMILES string of the molecule is CCOC(=O)c1cn(-c2ccccc2)nc1N(c1ccccc1)C(=O)[C@H]1CC[C@H](C)CC1. The molecule has 0 N–H and O–H groups in total. The molecule has 0 radical (unpaired) electrons. The molecule has 0 bridgehead atoms. The number of ether oxygens (including phenoxy) is 1. The number of nitrogens with zero attached hydrogens (tertiary/aromatic N) is 3. The molecule has 0 atom stereocenters. The Labute approximate surface area is 188 Å². The maximum absolute atomic E-state index is 13.8. The molecule has 2 aromatic carbocycles. The van der Waals surface area contributed by atoms with Crippen molar-refractivity contribution < 1.29 is 14.3 Å². The van der Waals surface area contributed by atoms with E-state index >= 15 is 0 Å². The second-order valence-corrected chi connectivity index (χ2v) is 8.33. The van der Waals surface area contributed by atoms with Crippen molar-refractivity contribution in [3.63, 3.8) is 0 Å². The third kappa shape index (κ3) is 4.59. The first-order valence-corrected chi connectivity index (χ1v) is 11.3. The fraction of sp³-hybridized carbons (Fsp3) is 0.346. The van der Waals surface area contributed by atoms with E-state index in [0.29, 0.717) is 17.4 Å². The number of carbonyl (C=O) groups is 2. The van der Waals surface area contributed by atoms with E-state index in [0.717, 1.165) is 31.4 Å². The smallest absolute Gasteiger partial charge is 0.343 e. The molecule has 6 nitrogen and oxygen atoms in total. The van der Waals surface area contributed by atoms with Crippen molar-refractivity contribution in [3.8, 4) is 5.69 Å². The maximum Gasteiger partial charge on any atom is 0.343 e. The van der Waals surface area contributed by atoms with Gasteiger partial charge in [0.1, 0.15) is 5.56 Å². The van der Waals surface area contributed by atoms with E-state index in [1.165, 1.54) is 0 Å². The Balaban J connectivity index is 1.81. The van der Waals surface area contributed by atoms with Gasteiger partial charge in [-0.25, -0.2) is 9.48 Å². The molecule has 0 saturated heterocycles. The first-order chi connectivity index (χ1) is 15.6. The van der Waals surface area contributed by atoms with Gasteiger partial charge in [-0.1, -0.05) is 43.3 Å². The van der Waals surface area contributed by atoms with Crippen LogP contribution in [-0.4, -0.2) is 28.3 Å². The molecule has 1 saturated carbocycles. The van der Waals surface area contributed by atoms with E-state index in [2.05, 4.69) is 6.92 Å². The number of hydrogen-bond acceptors (Lipinski definition) is 4. The van der Waals surface area contributed by atoms with E-state index in [1.54, 1.807) is 22.7 Å². The fourth-order valence-electron chi connectivity index (χ4n) is 4.22. The average molecular weight is 432 g/mol. The second kappa shape index (κ2) is 9.81. The second-order valence-electron chi connectivity index (χ2n) is 8.33. The number of aromatic nitrogens is 2. The third-order valence-corrected chi connectivity index (χ3v) is 6.02. The van der Waals surface area contributed by atoms with Gasteiger partial charge >= 0.3 is 5.97 Å². The largest absolute Gasteiger partial charge is 0.462 e.